The summed E-state index contributed by atoms with van der Waals surface area (Å²) in [5, 5.41) is 15.2. The molecule has 0 unspecified atom stereocenters. The molecule has 1 aliphatic heterocycles. The van der Waals surface area contributed by atoms with Gasteiger partial charge in [0.25, 0.3) is 0 Å². The number of aromatic nitrogens is 1. The van der Waals surface area contributed by atoms with Gasteiger partial charge in [-0.25, -0.2) is 4.98 Å². The Morgan fingerprint density at radius 3 is 2.47 bits per heavy atom. The Bertz CT molecular complexity index is 1050. The number of nitrogens with zero attached hydrogens (tertiary/aromatic N) is 2. The van der Waals surface area contributed by atoms with Crippen LogP contribution in [-0.4, -0.2) is 30.5 Å². The quantitative estimate of drug-likeness (QED) is 0.442. The van der Waals surface area contributed by atoms with Crippen molar-refractivity contribution < 1.29 is 4.79 Å². The Morgan fingerprint density at radius 2 is 1.81 bits per heavy atom. The van der Waals surface area contributed by atoms with Gasteiger partial charge in [-0.15, -0.1) is 0 Å². The molecule has 0 spiro atoms. The summed E-state index contributed by atoms with van der Waals surface area (Å²) in [7, 11) is 0. The zero-order chi connectivity index (χ0) is 22.2. The number of carbonyl (C=O) groups is 1. The fraction of sp³-hybridized carbons (Fsp3) is 0.240. The number of nitrogens with one attached hydrogen (secondary N) is 4. The second-order valence-corrected chi connectivity index (χ2v) is 7.78. The molecule has 3 aromatic rings. The maximum atomic E-state index is 13.1. The van der Waals surface area contributed by atoms with Crippen LogP contribution < -0.4 is 21.5 Å². The minimum Gasteiger partial charge on any atom is -0.309 e. The third-order valence-electron chi connectivity index (χ3n) is 5.57. The lowest BCUT2D eigenvalue weighted by Gasteiger charge is -2.19. The van der Waals surface area contributed by atoms with Crippen molar-refractivity contribution in [2.24, 2.45) is 0 Å². The molecule has 1 aromatic heterocycles. The molecule has 2 aromatic carbocycles. The predicted octanol–water partition coefficient (Wildman–Crippen LogP) is 2.66. The van der Waals surface area contributed by atoms with Crippen molar-refractivity contribution in [1.29, 1.82) is 5.26 Å². The van der Waals surface area contributed by atoms with Crippen LogP contribution in [-0.2, 0) is 11.2 Å². The number of carbonyl (C=O) groups excluding carboxylic acids is 1. The minimum absolute atomic E-state index is 0.152. The van der Waals surface area contributed by atoms with Gasteiger partial charge in [0.1, 0.15) is 11.9 Å². The van der Waals surface area contributed by atoms with E-state index in [1.807, 2.05) is 72.9 Å². The number of hydrogen-bond donors (Lipinski definition) is 4. The first-order valence-corrected chi connectivity index (χ1v) is 10.7. The number of amides is 1. The lowest BCUT2D eigenvalue weighted by atomic mass is 10.0. The molecule has 162 valence electrons. The van der Waals surface area contributed by atoms with E-state index in [4.69, 9.17) is 5.26 Å². The molecular formula is C25H26N6O. The smallest absolute Gasteiger partial charge is 0.247 e. The number of rotatable bonds is 8. The summed E-state index contributed by atoms with van der Waals surface area (Å²) >= 11 is 0. The van der Waals surface area contributed by atoms with Gasteiger partial charge < -0.3 is 10.6 Å². The Balaban J connectivity index is 1.40. The highest BCUT2D eigenvalue weighted by Crippen LogP contribution is 2.19. The van der Waals surface area contributed by atoms with Crippen molar-refractivity contribution in [3.63, 3.8) is 0 Å². The van der Waals surface area contributed by atoms with E-state index in [0.717, 1.165) is 36.2 Å². The third kappa shape index (κ3) is 5.56. The zero-order valence-corrected chi connectivity index (χ0v) is 17.7. The highest BCUT2D eigenvalue weighted by molar-refractivity contribution is 5.94. The van der Waals surface area contributed by atoms with Crippen LogP contribution in [0, 0.1) is 11.3 Å². The highest BCUT2D eigenvalue weighted by Gasteiger charge is 2.21. The number of benzene rings is 2. The zero-order valence-electron chi connectivity index (χ0n) is 17.7. The maximum absolute atomic E-state index is 13.1. The second-order valence-electron chi connectivity index (χ2n) is 7.78. The molecule has 7 nitrogen and oxygen atoms in total. The minimum atomic E-state index is -0.501. The number of hydrazine groups is 1. The van der Waals surface area contributed by atoms with E-state index in [-0.39, 0.29) is 5.91 Å². The lowest BCUT2D eigenvalue weighted by Crippen LogP contribution is -2.34. The van der Waals surface area contributed by atoms with Crippen molar-refractivity contribution in [1.82, 2.24) is 21.2 Å². The topological polar surface area (TPSA) is 102 Å². The maximum Gasteiger partial charge on any atom is 0.247 e. The Kier molecular flexibility index (Phi) is 7.20. The van der Waals surface area contributed by atoms with Crippen LogP contribution in [0.4, 0.5) is 5.82 Å². The van der Waals surface area contributed by atoms with Crippen LogP contribution in [0.1, 0.15) is 34.2 Å². The van der Waals surface area contributed by atoms with Gasteiger partial charge in [-0.2, -0.15) is 5.26 Å². The van der Waals surface area contributed by atoms with Crippen molar-refractivity contribution in [3.8, 4) is 6.07 Å². The first kappa shape index (κ1) is 21.7. The van der Waals surface area contributed by atoms with E-state index in [2.05, 4.69) is 32.5 Å². The molecule has 4 N–H and O–H groups in total. The fourth-order valence-electron chi connectivity index (χ4n) is 3.73. The summed E-state index contributed by atoms with van der Waals surface area (Å²) in [6, 6.07) is 22.7. The molecule has 4 rings (SSSR count). The number of pyridine rings is 1. The first-order chi connectivity index (χ1) is 15.7. The Labute approximate surface area is 187 Å². The largest absolute Gasteiger partial charge is 0.309 e. The summed E-state index contributed by atoms with van der Waals surface area (Å²) in [6.07, 6.45) is 2.57. The monoisotopic (exact) mass is 426 g/mol. The van der Waals surface area contributed by atoms with Crippen LogP contribution in [0.5, 0.6) is 0 Å². The lowest BCUT2D eigenvalue weighted by molar-refractivity contribution is -0.118. The van der Waals surface area contributed by atoms with Gasteiger partial charge in [-0.05, 0) is 41.3 Å². The van der Waals surface area contributed by atoms with Crippen LogP contribution in [0.2, 0.25) is 0 Å². The van der Waals surface area contributed by atoms with Gasteiger partial charge in [0.2, 0.25) is 5.91 Å². The van der Waals surface area contributed by atoms with Crippen LogP contribution in [0.15, 0.2) is 72.9 Å². The summed E-state index contributed by atoms with van der Waals surface area (Å²) in [6.45, 7) is 2.35. The van der Waals surface area contributed by atoms with E-state index >= 15 is 0 Å². The molecule has 0 aliphatic carbocycles. The van der Waals surface area contributed by atoms with Gasteiger partial charge in [-0.1, -0.05) is 48.5 Å². The highest BCUT2D eigenvalue weighted by atomic mass is 16.2. The van der Waals surface area contributed by atoms with E-state index < -0.39 is 6.04 Å². The number of hydrogen-bond acceptors (Lipinski definition) is 6. The van der Waals surface area contributed by atoms with Crippen molar-refractivity contribution in [2.45, 2.75) is 18.4 Å². The van der Waals surface area contributed by atoms with E-state index in [0.29, 0.717) is 23.8 Å². The average molecular weight is 427 g/mol. The van der Waals surface area contributed by atoms with Crippen LogP contribution in [0.3, 0.4) is 0 Å². The van der Waals surface area contributed by atoms with Gasteiger partial charge in [0.05, 0.1) is 11.6 Å². The van der Waals surface area contributed by atoms with Gasteiger partial charge >= 0.3 is 0 Å². The summed E-state index contributed by atoms with van der Waals surface area (Å²) in [4.78, 5) is 17.6. The molecule has 1 amide bonds. The molecule has 1 saturated heterocycles. The van der Waals surface area contributed by atoms with Gasteiger partial charge in [-0.3, -0.25) is 15.6 Å². The second kappa shape index (κ2) is 10.6. The first-order valence-electron chi connectivity index (χ1n) is 10.7. The Hall–Kier alpha value is -3.57. The summed E-state index contributed by atoms with van der Waals surface area (Å²) < 4.78 is 0. The molecular weight excluding hydrogens is 400 g/mol. The van der Waals surface area contributed by atoms with Crippen LogP contribution >= 0.6 is 0 Å². The predicted molar refractivity (Wildman–Crippen MR) is 124 cm³/mol. The van der Waals surface area contributed by atoms with Crippen molar-refractivity contribution in [3.05, 3.63) is 95.2 Å². The third-order valence-corrected chi connectivity index (χ3v) is 5.57. The van der Waals surface area contributed by atoms with E-state index in [1.165, 1.54) is 0 Å². The molecule has 0 bridgehead atoms. The molecule has 0 radical (unpaired) electrons. The SMILES string of the molecule is N#Cc1ccc(CCN[C@H](C(=O)Nc2ccc(C3CNNC3)cn2)c2ccccc2)cc1. The van der Waals surface area contributed by atoms with E-state index in [1.54, 1.807) is 0 Å². The number of nitriles is 1. The summed E-state index contributed by atoms with van der Waals surface area (Å²) in [5.74, 6) is 0.765. The molecule has 7 heteroatoms. The molecule has 1 fully saturated rings. The standard InChI is InChI=1S/C25H26N6O/c26-14-19-8-6-18(7-9-19)12-13-27-24(20-4-2-1-3-5-20)25(32)31-23-11-10-21(15-28-23)22-16-29-30-17-22/h1-11,15,22,24,27,29-30H,12-13,16-17H2,(H,28,31,32)/t24-/m0/s1. The average Bonchev–Trinajstić information content (AvgIpc) is 3.38. The van der Waals surface area contributed by atoms with Gasteiger partial charge in [0.15, 0.2) is 0 Å². The molecule has 2 heterocycles. The summed E-state index contributed by atoms with van der Waals surface area (Å²) in [5.41, 5.74) is 10.0. The van der Waals surface area contributed by atoms with Crippen LogP contribution in [0.25, 0.3) is 0 Å². The van der Waals surface area contributed by atoms with Gasteiger partial charge in [0, 0.05) is 31.7 Å². The van der Waals surface area contributed by atoms with E-state index in [9.17, 15) is 4.79 Å². The fourth-order valence-corrected chi connectivity index (χ4v) is 3.73. The molecule has 1 atom stereocenters. The molecule has 0 saturated carbocycles. The Morgan fingerprint density at radius 1 is 1.06 bits per heavy atom. The number of anilines is 1. The van der Waals surface area contributed by atoms with Crippen molar-refractivity contribution in [2.75, 3.05) is 25.0 Å². The molecule has 1 aliphatic rings. The van der Waals surface area contributed by atoms with Crippen molar-refractivity contribution >= 4 is 11.7 Å². The molecule has 32 heavy (non-hydrogen) atoms. The normalized spacial score (nSPS) is 14.6.